The maximum absolute atomic E-state index is 13.0. The van der Waals surface area contributed by atoms with Gasteiger partial charge in [-0.25, -0.2) is 8.42 Å². The van der Waals surface area contributed by atoms with Crippen molar-refractivity contribution in [2.75, 3.05) is 32.7 Å². The van der Waals surface area contributed by atoms with Gasteiger partial charge in [-0.05, 0) is 18.6 Å². The fraction of sp³-hybridized carbons (Fsp3) is 0.400. The van der Waals surface area contributed by atoms with E-state index in [0.717, 1.165) is 37.3 Å². The summed E-state index contributed by atoms with van der Waals surface area (Å²) >= 11 is 0. The smallest absolute Gasteiger partial charge is 0.182 e. The molecule has 5 nitrogen and oxygen atoms in total. The van der Waals surface area contributed by atoms with Gasteiger partial charge >= 0.3 is 0 Å². The van der Waals surface area contributed by atoms with E-state index >= 15 is 0 Å². The normalized spacial score (nSPS) is 17.2. The summed E-state index contributed by atoms with van der Waals surface area (Å²) in [6.45, 7) is 5.84. The Morgan fingerprint density at radius 1 is 1.12 bits per heavy atom. The van der Waals surface area contributed by atoms with E-state index in [9.17, 15) is 13.5 Å². The first kappa shape index (κ1) is 19.0. The number of β-amino-alcohol motifs (C(OH)–C–C–N with tert-alkyl or cyclic N) is 1. The van der Waals surface area contributed by atoms with E-state index in [4.69, 9.17) is 0 Å². The molecule has 140 valence electrons. The van der Waals surface area contributed by atoms with E-state index in [2.05, 4.69) is 10.2 Å². The van der Waals surface area contributed by atoms with Crippen molar-refractivity contribution in [1.82, 2.24) is 10.2 Å². The maximum atomic E-state index is 13.0. The second-order valence-electron chi connectivity index (χ2n) is 6.85. The summed E-state index contributed by atoms with van der Waals surface area (Å²) in [5.41, 5.74) is 2.19. The van der Waals surface area contributed by atoms with Crippen LogP contribution in [0.15, 0.2) is 53.4 Å². The van der Waals surface area contributed by atoms with Gasteiger partial charge in [0, 0.05) is 38.3 Å². The molecule has 0 spiro atoms. The largest absolute Gasteiger partial charge is 0.387 e. The first-order valence-corrected chi connectivity index (χ1v) is 10.6. The minimum atomic E-state index is -3.54. The molecule has 1 atom stereocenters. The highest BCUT2D eigenvalue weighted by Crippen LogP contribution is 2.27. The topological polar surface area (TPSA) is 69.6 Å². The Bertz CT molecular complexity index is 831. The zero-order chi connectivity index (χ0) is 18.6. The van der Waals surface area contributed by atoms with E-state index in [0.29, 0.717) is 12.1 Å². The van der Waals surface area contributed by atoms with Crippen LogP contribution in [0.4, 0.5) is 0 Å². The number of hydrogen-bond donors (Lipinski definition) is 2. The third-order valence-electron chi connectivity index (χ3n) is 4.70. The second-order valence-corrected chi connectivity index (χ2v) is 8.81. The SMILES string of the molecule is Cc1ccc(S(=O)(=O)Cc2ccccc2)c(C(O)CN2CCNCC2)c1. The van der Waals surface area contributed by atoms with Gasteiger partial charge in [-0.15, -0.1) is 0 Å². The summed E-state index contributed by atoms with van der Waals surface area (Å²) in [6.07, 6.45) is -0.825. The van der Waals surface area contributed by atoms with Gasteiger partial charge in [-0.1, -0.05) is 48.0 Å². The Labute approximate surface area is 155 Å². The Kier molecular flexibility index (Phi) is 6.09. The highest BCUT2D eigenvalue weighted by molar-refractivity contribution is 7.90. The number of aryl methyl sites for hydroxylation is 1. The number of rotatable bonds is 6. The molecule has 0 amide bonds. The number of aliphatic hydroxyl groups is 1. The third-order valence-corrected chi connectivity index (χ3v) is 6.45. The average Bonchev–Trinajstić information content (AvgIpc) is 2.62. The fourth-order valence-electron chi connectivity index (χ4n) is 3.32. The summed E-state index contributed by atoms with van der Waals surface area (Å²) in [4.78, 5) is 2.39. The number of piperazine rings is 1. The lowest BCUT2D eigenvalue weighted by Crippen LogP contribution is -2.45. The zero-order valence-electron chi connectivity index (χ0n) is 15.1. The minimum absolute atomic E-state index is 0.0652. The molecule has 6 heteroatoms. The van der Waals surface area contributed by atoms with E-state index < -0.39 is 15.9 Å². The van der Waals surface area contributed by atoms with Crippen LogP contribution < -0.4 is 5.32 Å². The standard InChI is InChI=1S/C20H26N2O3S/c1-16-7-8-20(26(24,25)15-17-5-3-2-4-6-17)18(13-16)19(23)14-22-11-9-21-10-12-22/h2-8,13,19,21,23H,9-12,14-15H2,1H3. The number of aliphatic hydroxyl groups excluding tert-OH is 1. The van der Waals surface area contributed by atoms with Crippen LogP contribution in [-0.2, 0) is 15.6 Å². The lowest BCUT2D eigenvalue weighted by molar-refractivity contribution is 0.103. The molecule has 0 saturated carbocycles. The Morgan fingerprint density at radius 3 is 2.50 bits per heavy atom. The van der Waals surface area contributed by atoms with Crippen molar-refractivity contribution < 1.29 is 13.5 Å². The quantitative estimate of drug-likeness (QED) is 0.808. The minimum Gasteiger partial charge on any atom is -0.387 e. The summed E-state index contributed by atoms with van der Waals surface area (Å²) in [5, 5.41) is 14.1. The number of nitrogens with one attached hydrogen (secondary N) is 1. The fourth-order valence-corrected chi connectivity index (χ4v) is 4.94. The molecule has 0 aliphatic carbocycles. The highest BCUT2D eigenvalue weighted by Gasteiger charge is 2.25. The molecular weight excluding hydrogens is 348 g/mol. The van der Waals surface area contributed by atoms with E-state index in [1.807, 2.05) is 37.3 Å². The van der Waals surface area contributed by atoms with Crippen LogP contribution in [0.5, 0.6) is 0 Å². The van der Waals surface area contributed by atoms with Gasteiger partial charge in [0.1, 0.15) is 0 Å². The first-order chi connectivity index (χ1) is 12.5. The summed E-state index contributed by atoms with van der Waals surface area (Å²) in [5.74, 6) is -0.0652. The van der Waals surface area contributed by atoms with E-state index in [1.165, 1.54) is 0 Å². The lowest BCUT2D eigenvalue weighted by Gasteiger charge is -2.29. The van der Waals surface area contributed by atoms with Crippen LogP contribution >= 0.6 is 0 Å². The van der Waals surface area contributed by atoms with Crippen molar-refractivity contribution in [2.45, 2.75) is 23.7 Å². The van der Waals surface area contributed by atoms with Gasteiger partial charge in [0.15, 0.2) is 9.84 Å². The molecule has 0 radical (unpaired) electrons. The molecule has 1 aliphatic rings. The molecule has 2 aromatic rings. The van der Waals surface area contributed by atoms with Crippen molar-refractivity contribution in [3.05, 3.63) is 65.2 Å². The molecule has 2 aromatic carbocycles. The molecule has 3 rings (SSSR count). The average molecular weight is 375 g/mol. The predicted octanol–water partition coefficient (Wildman–Crippen LogP) is 1.91. The number of sulfone groups is 1. The van der Waals surface area contributed by atoms with Gasteiger partial charge < -0.3 is 10.4 Å². The number of nitrogens with zero attached hydrogens (tertiary/aromatic N) is 1. The van der Waals surface area contributed by atoms with Crippen LogP contribution in [0.3, 0.4) is 0 Å². The molecular formula is C20H26N2O3S. The second kappa shape index (κ2) is 8.31. The molecule has 26 heavy (non-hydrogen) atoms. The highest BCUT2D eigenvalue weighted by atomic mass is 32.2. The van der Waals surface area contributed by atoms with Crippen LogP contribution in [-0.4, -0.2) is 51.1 Å². The van der Waals surface area contributed by atoms with Crippen LogP contribution in [0, 0.1) is 6.92 Å². The van der Waals surface area contributed by atoms with Crippen LogP contribution in [0.2, 0.25) is 0 Å². The summed E-state index contributed by atoms with van der Waals surface area (Å²) in [7, 11) is -3.54. The van der Waals surface area contributed by atoms with E-state index in [-0.39, 0.29) is 10.6 Å². The number of benzene rings is 2. The monoisotopic (exact) mass is 374 g/mol. The molecule has 1 saturated heterocycles. The summed E-state index contributed by atoms with van der Waals surface area (Å²) < 4.78 is 26.0. The Hall–Kier alpha value is -1.73. The Morgan fingerprint density at radius 2 is 1.81 bits per heavy atom. The van der Waals surface area contributed by atoms with E-state index in [1.54, 1.807) is 18.2 Å². The van der Waals surface area contributed by atoms with Crippen LogP contribution in [0.1, 0.15) is 22.8 Å². The first-order valence-electron chi connectivity index (χ1n) is 8.94. The van der Waals surface area contributed by atoms with Crippen LogP contribution in [0.25, 0.3) is 0 Å². The summed E-state index contributed by atoms with van der Waals surface area (Å²) in [6, 6.07) is 14.4. The van der Waals surface area contributed by atoms with Gasteiger partial charge in [-0.3, -0.25) is 4.90 Å². The predicted molar refractivity (Wildman–Crippen MR) is 103 cm³/mol. The Balaban J connectivity index is 1.87. The van der Waals surface area contributed by atoms with Gasteiger partial charge in [-0.2, -0.15) is 0 Å². The van der Waals surface area contributed by atoms with Crippen molar-refractivity contribution in [3.8, 4) is 0 Å². The number of hydrogen-bond acceptors (Lipinski definition) is 5. The van der Waals surface area contributed by atoms with Crippen molar-refractivity contribution >= 4 is 9.84 Å². The molecule has 1 unspecified atom stereocenters. The molecule has 1 aliphatic heterocycles. The van der Waals surface area contributed by atoms with Crippen molar-refractivity contribution in [1.29, 1.82) is 0 Å². The van der Waals surface area contributed by atoms with Gasteiger partial charge in [0.2, 0.25) is 0 Å². The zero-order valence-corrected chi connectivity index (χ0v) is 15.9. The maximum Gasteiger partial charge on any atom is 0.182 e. The van der Waals surface area contributed by atoms with Gasteiger partial charge in [0.25, 0.3) is 0 Å². The third kappa shape index (κ3) is 4.71. The van der Waals surface area contributed by atoms with Gasteiger partial charge in [0.05, 0.1) is 16.8 Å². The molecule has 1 fully saturated rings. The lowest BCUT2D eigenvalue weighted by atomic mass is 10.1. The molecule has 2 N–H and O–H groups in total. The molecule has 0 aromatic heterocycles. The van der Waals surface area contributed by atoms with Crippen molar-refractivity contribution in [2.24, 2.45) is 0 Å². The molecule has 1 heterocycles. The molecule has 0 bridgehead atoms. The van der Waals surface area contributed by atoms with Crippen molar-refractivity contribution in [3.63, 3.8) is 0 Å².